The number of nitrogens with one attached hydrogen (secondary N) is 3. The van der Waals surface area contributed by atoms with Crippen molar-refractivity contribution in [3.05, 3.63) is 30.3 Å². The Hall–Kier alpha value is -2.57. The van der Waals surface area contributed by atoms with E-state index in [-0.39, 0.29) is 24.4 Å². The van der Waals surface area contributed by atoms with Crippen LogP contribution >= 0.6 is 0 Å². The molecular weight excluding hydrogens is 368 g/mol. The highest BCUT2D eigenvalue weighted by atomic mass is 16.2. The van der Waals surface area contributed by atoms with Gasteiger partial charge in [-0.3, -0.25) is 14.5 Å². The van der Waals surface area contributed by atoms with Gasteiger partial charge in [-0.05, 0) is 49.7 Å². The predicted octanol–water partition coefficient (Wildman–Crippen LogP) is 2.74. The van der Waals surface area contributed by atoms with Crippen LogP contribution in [0.15, 0.2) is 30.3 Å². The van der Waals surface area contributed by atoms with E-state index in [0.717, 1.165) is 23.4 Å². The van der Waals surface area contributed by atoms with Gasteiger partial charge >= 0.3 is 6.03 Å². The summed E-state index contributed by atoms with van der Waals surface area (Å²) in [6.45, 7) is 6.50. The Bertz CT molecular complexity index is 742. The highest BCUT2D eigenvalue weighted by Gasteiger charge is 2.52. The lowest BCUT2D eigenvalue weighted by Gasteiger charge is -2.33. The molecule has 1 aromatic carbocycles. The van der Waals surface area contributed by atoms with Crippen molar-refractivity contribution < 1.29 is 14.4 Å². The maximum absolute atomic E-state index is 12.9. The molecule has 7 heteroatoms. The van der Waals surface area contributed by atoms with Gasteiger partial charge in [-0.2, -0.15) is 0 Å². The normalized spacial score (nSPS) is 25.2. The third kappa shape index (κ3) is 4.89. The van der Waals surface area contributed by atoms with Gasteiger partial charge in [0.1, 0.15) is 12.1 Å². The first kappa shape index (κ1) is 21.1. The molecule has 1 atom stereocenters. The first-order valence-electron chi connectivity index (χ1n) is 10.5. The molecular formula is C22H32N4O3. The summed E-state index contributed by atoms with van der Waals surface area (Å²) in [5.74, 6) is 0.273. The van der Waals surface area contributed by atoms with Crippen LogP contribution in [0.3, 0.4) is 0 Å². The van der Waals surface area contributed by atoms with Gasteiger partial charge in [0.25, 0.3) is 5.91 Å². The van der Waals surface area contributed by atoms with Gasteiger partial charge < -0.3 is 16.0 Å². The third-order valence-corrected chi connectivity index (χ3v) is 6.13. The van der Waals surface area contributed by atoms with E-state index in [9.17, 15) is 14.4 Å². The van der Waals surface area contributed by atoms with Crippen LogP contribution in [-0.4, -0.2) is 47.4 Å². The van der Waals surface area contributed by atoms with Crippen LogP contribution in [0.25, 0.3) is 0 Å². The summed E-state index contributed by atoms with van der Waals surface area (Å²) < 4.78 is 0. The zero-order valence-corrected chi connectivity index (χ0v) is 17.5. The monoisotopic (exact) mass is 400 g/mol. The molecule has 4 amide bonds. The minimum atomic E-state index is -0.806. The Labute approximate surface area is 172 Å². The number of rotatable bonds is 7. The molecule has 1 aromatic rings. The standard InChI is InChI=1S/C22H32N4O3/c1-15(2)18(24-17-7-5-4-6-8-17)13-23-19(27)14-26-20(28)22(25-21(26)29)11-9-16(3)10-12-22/h4-8,15-16,18,24H,9-14H2,1-3H3,(H,23,27)(H,25,29). The van der Waals surface area contributed by atoms with Crippen LogP contribution in [0.1, 0.15) is 46.5 Å². The van der Waals surface area contributed by atoms with E-state index in [0.29, 0.717) is 31.2 Å². The van der Waals surface area contributed by atoms with E-state index < -0.39 is 11.6 Å². The third-order valence-electron chi connectivity index (χ3n) is 6.13. The smallest absolute Gasteiger partial charge is 0.325 e. The maximum atomic E-state index is 12.9. The summed E-state index contributed by atoms with van der Waals surface area (Å²) >= 11 is 0. The molecule has 0 aromatic heterocycles. The number of carbonyl (C=O) groups excluding carboxylic acids is 3. The number of amides is 4. The largest absolute Gasteiger partial charge is 0.380 e. The molecule has 3 N–H and O–H groups in total. The Balaban J connectivity index is 1.54. The van der Waals surface area contributed by atoms with E-state index >= 15 is 0 Å². The van der Waals surface area contributed by atoms with Crippen molar-refractivity contribution in [1.29, 1.82) is 0 Å². The average Bonchev–Trinajstić information content (AvgIpc) is 2.92. The molecule has 1 aliphatic carbocycles. The Kier molecular flexibility index (Phi) is 6.45. The molecule has 1 aliphatic heterocycles. The fourth-order valence-corrected chi connectivity index (χ4v) is 4.04. The number of hydrogen-bond acceptors (Lipinski definition) is 4. The molecule has 1 heterocycles. The Morgan fingerprint density at radius 1 is 1.21 bits per heavy atom. The molecule has 3 rings (SSSR count). The van der Waals surface area contributed by atoms with Crippen LogP contribution in [0.5, 0.6) is 0 Å². The van der Waals surface area contributed by atoms with E-state index in [2.05, 4.69) is 36.7 Å². The Morgan fingerprint density at radius 2 is 1.86 bits per heavy atom. The van der Waals surface area contributed by atoms with Crippen LogP contribution < -0.4 is 16.0 Å². The van der Waals surface area contributed by atoms with E-state index in [1.54, 1.807) is 0 Å². The summed E-state index contributed by atoms with van der Waals surface area (Å²) in [4.78, 5) is 38.8. The number of urea groups is 1. The lowest BCUT2D eigenvalue weighted by molar-refractivity contribution is -0.136. The van der Waals surface area contributed by atoms with Gasteiger partial charge in [-0.25, -0.2) is 4.79 Å². The highest BCUT2D eigenvalue weighted by molar-refractivity contribution is 6.09. The quantitative estimate of drug-likeness (QED) is 0.614. The summed E-state index contributed by atoms with van der Waals surface area (Å²) in [7, 11) is 0. The zero-order chi connectivity index (χ0) is 21.0. The van der Waals surface area contributed by atoms with Gasteiger partial charge in [0.05, 0.1) is 0 Å². The van der Waals surface area contributed by atoms with Gasteiger partial charge in [0, 0.05) is 18.3 Å². The Morgan fingerprint density at radius 3 is 2.48 bits per heavy atom. The van der Waals surface area contributed by atoms with Crippen molar-refractivity contribution in [3.63, 3.8) is 0 Å². The summed E-state index contributed by atoms with van der Waals surface area (Å²) in [5, 5.41) is 9.15. The number of nitrogens with zero attached hydrogens (tertiary/aromatic N) is 1. The van der Waals surface area contributed by atoms with Gasteiger partial charge in [0.2, 0.25) is 5.91 Å². The van der Waals surface area contributed by atoms with Crippen LogP contribution in [-0.2, 0) is 9.59 Å². The van der Waals surface area contributed by atoms with Gasteiger partial charge in [0.15, 0.2) is 0 Å². The summed E-state index contributed by atoms with van der Waals surface area (Å²) in [5.41, 5.74) is 0.183. The second kappa shape index (κ2) is 8.84. The second-order valence-electron chi connectivity index (χ2n) is 8.75. The van der Waals surface area contributed by atoms with E-state index in [4.69, 9.17) is 0 Å². The lowest BCUT2D eigenvalue weighted by Crippen LogP contribution is -2.50. The molecule has 0 bridgehead atoms. The fraction of sp³-hybridized carbons (Fsp3) is 0.591. The average molecular weight is 401 g/mol. The van der Waals surface area contributed by atoms with Crippen molar-refractivity contribution in [3.8, 4) is 0 Å². The number of para-hydroxylation sites is 1. The number of anilines is 1. The molecule has 1 spiro atoms. The molecule has 158 valence electrons. The highest BCUT2D eigenvalue weighted by Crippen LogP contribution is 2.36. The fourth-order valence-electron chi connectivity index (χ4n) is 4.04. The van der Waals surface area contributed by atoms with Crippen LogP contribution in [0.2, 0.25) is 0 Å². The van der Waals surface area contributed by atoms with E-state index in [1.165, 1.54) is 0 Å². The maximum Gasteiger partial charge on any atom is 0.325 e. The molecule has 1 saturated carbocycles. The molecule has 2 fully saturated rings. The summed E-state index contributed by atoms with van der Waals surface area (Å²) in [6, 6.07) is 9.41. The van der Waals surface area contributed by atoms with Gasteiger partial charge in [-0.15, -0.1) is 0 Å². The molecule has 0 radical (unpaired) electrons. The minimum absolute atomic E-state index is 0.0376. The zero-order valence-electron chi connectivity index (χ0n) is 17.5. The number of benzene rings is 1. The lowest BCUT2D eigenvalue weighted by atomic mass is 9.77. The molecule has 1 unspecified atom stereocenters. The molecule has 29 heavy (non-hydrogen) atoms. The first-order valence-corrected chi connectivity index (χ1v) is 10.5. The molecule has 7 nitrogen and oxygen atoms in total. The van der Waals surface area contributed by atoms with Gasteiger partial charge in [-0.1, -0.05) is 39.0 Å². The number of hydrogen-bond donors (Lipinski definition) is 3. The van der Waals surface area contributed by atoms with Crippen molar-refractivity contribution in [2.45, 2.75) is 58.0 Å². The molecule has 1 saturated heterocycles. The second-order valence-corrected chi connectivity index (χ2v) is 8.75. The van der Waals surface area contributed by atoms with E-state index in [1.807, 2.05) is 30.3 Å². The van der Waals surface area contributed by atoms with Crippen molar-refractivity contribution in [2.75, 3.05) is 18.4 Å². The van der Waals surface area contributed by atoms with Crippen molar-refractivity contribution in [1.82, 2.24) is 15.5 Å². The first-order chi connectivity index (χ1) is 13.8. The molecule has 2 aliphatic rings. The van der Waals surface area contributed by atoms with Crippen molar-refractivity contribution >= 4 is 23.5 Å². The van der Waals surface area contributed by atoms with Crippen LogP contribution in [0, 0.1) is 11.8 Å². The summed E-state index contributed by atoms with van der Waals surface area (Å²) in [6.07, 6.45) is 3.11. The predicted molar refractivity (Wildman–Crippen MR) is 112 cm³/mol. The van der Waals surface area contributed by atoms with Crippen LogP contribution in [0.4, 0.5) is 10.5 Å². The number of carbonyl (C=O) groups is 3. The SMILES string of the molecule is CC1CCC2(CC1)NC(=O)N(CC(=O)NCC(Nc1ccccc1)C(C)C)C2=O. The van der Waals surface area contributed by atoms with Crippen molar-refractivity contribution in [2.24, 2.45) is 11.8 Å². The topological polar surface area (TPSA) is 90.5 Å². The minimum Gasteiger partial charge on any atom is -0.380 e. The number of imide groups is 1.